The van der Waals surface area contributed by atoms with Gasteiger partial charge in [0.25, 0.3) is 0 Å². The lowest BCUT2D eigenvalue weighted by atomic mass is 10.0. The molecule has 0 aliphatic carbocycles. The summed E-state index contributed by atoms with van der Waals surface area (Å²) in [5.74, 6) is -0.490. The summed E-state index contributed by atoms with van der Waals surface area (Å²) < 4.78 is 5.94. The van der Waals surface area contributed by atoms with E-state index in [0.29, 0.717) is 19.3 Å². The van der Waals surface area contributed by atoms with Crippen LogP contribution in [0.25, 0.3) is 0 Å². The number of aliphatic hydroxyl groups excluding tert-OH is 2. The van der Waals surface area contributed by atoms with Gasteiger partial charge in [0, 0.05) is 6.42 Å². The van der Waals surface area contributed by atoms with E-state index in [2.05, 4.69) is 56.5 Å². The molecule has 0 rings (SSSR count). The second-order valence-electron chi connectivity index (χ2n) is 18.4. The predicted molar refractivity (Wildman–Crippen MR) is 269 cm³/mol. The summed E-state index contributed by atoms with van der Waals surface area (Å²) in [5, 5.41) is 23.8. The molecule has 6 nitrogen and oxygen atoms in total. The van der Waals surface area contributed by atoms with Gasteiger partial charge in [0.1, 0.15) is 6.10 Å². The monoisotopic (exact) mass is 870 g/mol. The normalized spacial score (nSPS) is 13.6. The van der Waals surface area contributed by atoms with Crippen molar-refractivity contribution in [2.75, 3.05) is 6.61 Å². The zero-order valence-electron chi connectivity index (χ0n) is 41.3. The van der Waals surface area contributed by atoms with Crippen LogP contribution in [0.1, 0.15) is 271 Å². The fraction of sp³-hybridized carbons (Fsp3) is 0.821. The summed E-state index contributed by atoms with van der Waals surface area (Å²) in [6.45, 7) is 6.36. The van der Waals surface area contributed by atoms with Crippen molar-refractivity contribution in [2.24, 2.45) is 0 Å². The molecular formula is C56H103NO5. The van der Waals surface area contributed by atoms with E-state index in [1.807, 2.05) is 18.2 Å². The first-order chi connectivity index (χ1) is 30.5. The van der Waals surface area contributed by atoms with Gasteiger partial charge in [0.2, 0.25) is 5.91 Å². The molecule has 6 heteroatoms. The molecule has 0 aromatic rings. The molecule has 0 fully saturated rings. The minimum absolute atomic E-state index is 0.0706. The quantitative estimate of drug-likeness (QED) is 0.0322. The molecule has 0 aliphatic heterocycles. The molecule has 1 amide bonds. The molecule has 3 unspecified atom stereocenters. The van der Waals surface area contributed by atoms with E-state index in [1.54, 1.807) is 0 Å². The molecule has 0 spiro atoms. The van der Waals surface area contributed by atoms with Crippen LogP contribution in [0.2, 0.25) is 0 Å². The Bertz CT molecular complexity index is 1070. The van der Waals surface area contributed by atoms with Crippen LogP contribution in [0.3, 0.4) is 0 Å². The van der Waals surface area contributed by atoms with E-state index in [9.17, 15) is 19.8 Å². The summed E-state index contributed by atoms with van der Waals surface area (Å²) in [5.41, 5.74) is 0. The van der Waals surface area contributed by atoms with Crippen LogP contribution < -0.4 is 5.32 Å². The molecular weight excluding hydrogens is 767 g/mol. The first kappa shape index (κ1) is 59.8. The van der Waals surface area contributed by atoms with Crippen LogP contribution >= 0.6 is 0 Å². The topological polar surface area (TPSA) is 95.9 Å². The van der Waals surface area contributed by atoms with Crippen molar-refractivity contribution < 1.29 is 24.5 Å². The molecule has 3 atom stereocenters. The van der Waals surface area contributed by atoms with Gasteiger partial charge in [-0.05, 0) is 44.9 Å². The number of hydrogen-bond donors (Lipinski definition) is 3. The molecule has 62 heavy (non-hydrogen) atoms. The van der Waals surface area contributed by atoms with Crippen LogP contribution in [0.4, 0.5) is 0 Å². The highest BCUT2D eigenvalue weighted by Gasteiger charge is 2.24. The first-order valence-corrected chi connectivity index (χ1v) is 26.9. The second kappa shape index (κ2) is 49.8. The van der Waals surface area contributed by atoms with Crippen molar-refractivity contribution in [1.29, 1.82) is 0 Å². The molecule has 0 heterocycles. The van der Waals surface area contributed by atoms with Crippen LogP contribution in [-0.2, 0) is 14.3 Å². The van der Waals surface area contributed by atoms with Crippen molar-refractivity contribution in [1.82, 2.24) is 5.32 Å². The summed E-state index contributed by atoms with van der Waals surface area (Å²) in [6, 6.07) is -0.704. The van der Waals surface area contributed by atoms with Crippen LogP contribution in [-0.4, -0.2) is 46.9 Å². The number of aliphatic hydroxyl groups is 2. The van der Waals surface area contributed by atoms with Crippen LogP contribution in [0.5, 0.6) is 0 Å². The minimum Gasteiger partial charge on any atom is -0.462 e. The maximum Gasteiger partial charge on any atom is 0.306 e. The number of ether oxygens (including phenoxy) is 1. The maximum absolute atomic E-state index is 13.2. The zero-order valence-corrected chi connectivity index (χ0v) is 41.3. The maximum atomic E-state index is 13.2. The van der Waals surface area contributed by atoms with Gasteiger partial charge in [-0.2, -0.15) is 0 Å². The number of carbonyl (C=O) groups excluding carboxylic acids is 2. The Kier molecular flexibility index (Phi) is 48.1. The minimum atomic E-state index is -0.790. The molecule has 0 aliphatic rings. The van der Waals surface area contributed by atoms with Crippen molar-refractivity contribution in [2.45, 2.75) is 289 Å². The van der Waals surface area contributed by atoms with E-state index >= 15 is 0 Å². The van der Waals surface area contributed by atoms with Gasteiger partial charge in [-0.25, -0.2) is 0 Å². The Morgan fingerprint density at radius 2 is 0.871 bits per heavy atom. The molecule has 362 valence electrons. The van der Waals surface area contributed by atoms with Crippen molar-refractivity contribution in [3.63, 3.8) is 0 Å². The fourth-order valence-corrected chi connectivity index (χ4v) is 8.21. The Labute approximate surface area is 385 Å². The number of allylic oxidation sites excluding steroid dienone is 8. The number of rotatable bonds is 48. The lowest BCUT2D eigenvalue weighted by Gasteiger charge is -2.24. The molecule has 0 aromatic heterocycles. The van der Waals surface area contributed by atoms with Gasteiger partial charge in [0.05, 0.1) is 25.2 Å². The molecule has 0 saturated carbocycles. The number of amides is 1. The highest BCUT2D eigenvalue weighted by atomic mass is 16.5. The molecule has 0 bridgehead atoms. The van der Waals surface area contributed by atoms with Gasteiger partial charge in [-0.1, -0.05) is 262 Å². The number of unbranched alkanes of at least 4 members (excludes halogenated alkanes) is 31. The van der Waals surface area contributed by atoms with Crippen molar-refractivity contribution in [3.05, 3.63) is 48.6 Å². The first-order valence-electron chi connectivity index (χ1n) is 26.9. The summed E-state index contributed by atoms with van der Waals surface area (Å²) >= 11 is 0. The van der Waals surface area contributed by atoms with Gasteiger partial charge < -0.3 is 20.3 Å². The Balaban J connectivity index is 4.59. The highest BCUT2D eigenvalue weighted by Crippen LogP contribution is 2.18. The third kappa shape index (κ3) is 44.4. The SMILES string of the molecule is CC/C=C/C=C/C=C/C=C\CCCCCCCC(=O)OC(CCCCCCCCCCCCCCCCCCC)CC(=O)NC(CO)C(O)CCCCCCCCCCCCC. The molecule has 0 aromatic carbocycles. The number of nitrogens with one attached hydrogen (secondary N) is 1. The third-order valence-electron chi connectivity index (χ3n) is 12.3. The number of esters is 1. The molecule has 0 radical (unpaired) electrons. The van der Waals surface area contributed by atoms with E-state index in [0.717, 1.165) is 77.0 Å². The van der Waals surface area contributed by atoms with E-state index < -0.39 is 18.2 Å². The van der Waals surface area contributed by atoms with E-state index in [4.69, 9.17) is 4.74 Å². The highest BCUT2D eigenvalue weighted by molar-refractivity contribution is 5.77. The summed E-state index contributed by atoms with van der Waals surface area (Å²) in [6.07, 6.45) is 60.3. The lowest BCUT2D eigenvalue weighted by molar-refractivity contribution is -0.151. The largest absolute Gasteiger partial charge is 0.462 e. The Morgan fingerprint density at radius 1 is 0.484 bits per heavy atom. The lowest BCUT2D eigenvalue weighted by Crippen LogP contribution is -2.46. The number of hydrogen-bond acceptors (Lipinski definition) is 5. The molecule has 0 saturated heterocycles. The smallest absolute Gasteiger partial charge is 0.306 e. The third-order valence-corrected chi connectivity index (χ3v) is 12.3. The van der Waals surface area contributed by atoms with Crippen molar-refractivity contribution >= 4 is 11.9 Å². The van der Waals surface area contributed by atoms with E-state index in [-0.39, 0.29) is 24.9 Å². The average molecular weight is 870 g/mol. The summed E-state index contributed by atoms with van der Waals surface area (Å²) in [4.78, 5) is 26.2. The van der Waals surface area contributed by atoms with Gasteiger partial charge in [-0.3, -0.25) is 9.59 Å². The standard InChI is InChI=1S/C56H103NO5/c1-4-7-10-13-16-19-22-24-26-27-29-30-33-35-38-41-44-47-52(62-56(61)49-46-43-40-37-34-31-28-25-23-20-17-14-11-8-5-2)50-55(60)57-53(51-58)54(59)48-45-42-39-36-32-21-18-15-12-9-6-3/h8,11,14,17,20,23,25,28,52-54,58-59H,4-7,9-10,12-13,15-16,18-19,21-22,24,26-27,29-51H2,1-3H3,(H,57,60)/b11-8+,17-14+,23-20+,28-25-. The van der Waals surface area contributed by atoms with Gasteiger partial charge >= 0.3 is 5.97 Å². The fourth-order valence-electron chi connectivity index (χ4n) is 8.21. The van der Waals surface area contributed by atoms with Crippen LogP contribution in [0, 0.1) is 0 Å². The predicted octanol–water partition coefficient (Wildman–Crippen LogP) is 16.2. The van der Waals surface area contributed by atoms with Gasteiger partial charge in [-0.15, -0.1) is 0 Å². The van der Waals surface area contributed by atoms with Crippen LogP contribution in [0.15, 0.2) is 48.6 Å². The number of carbonyl (C=O) groups is 2. The molecule has 3 N–H and O–H groups in total. The second-order valence-corrected chi connectivity index (χ2v) is 18.4. The summed E-state index contributed by atoms with van der Waals surface area (Å²) in [7, 11) is 0. The van der Waals surface area contributed by atoms with E-state index in [1.165, 1.54) is 148 Å². The Hall–Kier alpha value is -2.18. The van der Waals surface area contributed by atoms with Crippen molar-refractivity contribution in [3.8, 4) is 0 Å². The zero-order chi connectivity index (χ0) is 45.2. The average Bonchev–Trinajstić information content (AvgIpc) is 3.26. The Morgan fingerprint density at radius 3 is 1.32 bits per heavy atom. The van der Waals surface area contributed by atoms with Gasteiger partial charge in [0.15, 0.2) is 0 Å².